The standard InChI is InChI=1S/C13H20N2O2.C12H15N.C8H9Cl/c1-4-5-6-13(12(3)17)15-8-7-14(10-16)9-11(15)2;1-2-3-8-13-9-11-6-4-5-7-12(11)10-13;1-2-7-5-3-4-6-8(7)9/h6,10H,2,4-5,7-9H2,1,3H3;2-7H,8-10H2,1H3;3-6H,2H2,1H3/b13-6-;3-2+;. The summed E-state index contributed by atoms with van der Waals surface area (Å²) in [6, 6.07) is 16.6. The minimum Gasteiger partial charge on any atom is -0.340 e. The van der Waals surface area contributed by atoms with Crippen LogP contribution in [0.15, 0.2) is 84.7 Å². The van der Waals surface area contributed by atoms with E-state index in [1.54, 1.807) is 11.8 Å². The first-order chi connectivity index (χ1) is 18.8. The van der Waals surface area contributed by atoms with E-state index < -0.39 is 0 Å². The molecule has 0 bridgehead atoms. The molecule has 39 heavy (non-hydrogen) atoms. The predicted molar refractivity (Wildman–Crippen MR) is 163 cm³/mol. The van der Waals surface area contributed by atoms with Gasteiger partial charge in [0.2, 0.25) is 6.41 Å². The molecule has 2 aromatic carbocycles. The molecule has 2 heterocycles. The number of amides is 1. The van der Waals surface area contributed by atoms with E-state index in [1.165, 1.54) is 16.7 Å². The third kappa shape index (κ3) is 10.5. The van der Waals surface area contributed by atoms with Crippen molar-refractivity contribution in [2.45, 2.75) is 60.0 Å². The van der Waals surface area contributed by atoms with Gasteiger partial charge in [-0.2, -0.15) is 0 Å². The maximum Gasteiger partial charge on any atom is 0.210 e. The quantitative estimate of drug-likeness (QED) is 0.201. The molecule has 4 rings (SSSR count). The summed E-state index contributed by atoms with van der Waals surface area (Å²) < 4.78 is 0. The van der Waals surface area contributed by atoms with Crippen LogP contribution in [0.4, 0.5) is 0 Å². The van der Waals surface area contributed by atoms with E-state index in [1.807, 2.05) is 35.2 Å². The molecular weight excluding hydrogens is 506 g/mol. The lowest BCUT2D eigenvalue weighted by Gasteiger charge is -2.36. The van der Waals surface area contributed by atoms with Crippen LogP contribution in [0.2, 0.25) is 5.02 Å². The Bertz CT molecular complexity index is 1120. The zero-order valence-electron chi connectivity index (χ0n) is 24.0. The number of halogens is 1. The summed E-state index contributed by atoms with van der Waals surface area (Å²) in [6.07, 6.45) is 10.0. The number of nitrogens with zero attached hydrogens (tertiary/aromatic N) is 3. The number of hydrogen-bond donors (Lipinski definition) is 0. The van der Waals surface area contributed by atoms with Gasteiger partial charge < -0.3 is 9.80 Å². The van der Waals surface area contributed by atoms with Gasteiger partial charge in [0, 0.05) is 50.4 Å². The Kier molecular flexibility index (Phi) is 14.3. The topological polar surface area (TPSA) is 43.9 Å². The normalized spacial score (nSPS) is 15.3. The molecule has 0 aliphatic carbocycles. The molecule has 0 aromatic heterocycles. The van der Waals surface area contributed by atoms with Crippen molar-refractivity contribution in [3.8, 4) is 0 Å². The number of carbonyl (C=O) groups is 2. The van der Waals surface area contributed by atoms with Crippen LogP contribution >= 0.6 is 11.6 Å². The van der Waals surface area contributed by atoms with Gasteiger partial charge in [0.25, 0.3) is 0 Å². The SMILES string of the molecule is C/C=C/CN1Cc2ccccc2C1.C=C1CN(C=O)CCN1/C(=C\CCC)C(C)=O.CCc1ccccc1Cl. The minimum absolute atomic E-state index is 0.0548. The highest BCUT2D eigenvalue weighted by Crippen LogP contribution is 2.21. The van der Waals surface area contributed by atoms with Crippen molar-refractivity contribution in [3.63, 3.8) is 0 Å². The number of fused-ring (bicyclic) bond motifs is 1. The van der Waals surface area contributed by atoms with Crippen molar-refractivity contribution in [1.82, 2.24) is 14.7 Å². The van der Waals surface area contributed by atoms with Crippen LogP contribution in [0, 0.1) is 0 Å². The zero-order valence-corrected chi connectivity index (χ0v) is 24.8. The van der Waals surface area contributed by atoms with Gasteiger partial charge in [-0.1, -0.05) is 99.1 Å². The average molecular weight is 550 g/mol. The van der Waals surface area contributed by atoms with Crippen molar-refractivity contribution in [2.24, 2.45) is 0 Å². The molecule has 0 N–H and O–H groups in total. The number of Topliss-reactive ketones (excluding diaryl/α,β-unsaturated/α-hetero) is 1. The number of aryl methyl sites for hydroxylation is 1. The molecule has 1 fully saturated rings. The fraction of sp³-hybridized carbons (Fsp3) is 0.394. The Morgan fingerprint density at radius 1 is 1.00 bits per heavy atom. The first-order valence-corrected chi connectivity index (χ1v) is 14.2. The van der Waals surface area contributed by atoms with E-state index in [-0.39, 0.29) is 5.78 Å². The molecule has 0 unspecified atom stereocenters. The monoisotopic (exact) mass is 549 g/mol. The third-order valence-corrected chi connectivity index (χ3v) is 7.02. The Labute approximate surface area is 240 Å². The predicted octanol–water partition coefficient (Wildman–Crippen LogP) is 7.03. The lowest BCUT2D eigenvalue weighted by Crippen LogP contribution is -2.44. The second-order valence-corrected chi connectivity index (χ2v) is 10.1. The van der Waals surface area contributed by atoms with Crippen LogP contribution in [0.5, 0.6) is 0 Å². The Hall–Kier alpha value is -3.15. The lowest BCUT2D eigenvalue weighted by molar-refractivity contribution is -0.118. The summed E-state index contributed by atoms with van der Waals surface area (Å²) >= 11 is 5.82. The van der Waals surface area contributed by atoms with Crippen molar-refractivity contribution < 1.29 is 9.59 Å². The molecule has 1 amide bonds. The molecule has 0 spiro atoms. The summed E-state index contributed by atoms with van der Waals surface area (Å²) in [5.41, 5.74) is 5.72. The highest BCUT2D eigenvalue weighted by molar-refractivity contribution is 6.31. The van der Waals surface area contributed by atoms with Crippen LogP contribution in [-0.2, 0) is 29.1 Å². The maximum atomic E-state index is 11.6. The molecule has 0 atom stereocenters. The van der Waals surface area contributed by atoms with E-state index in [0.717, 1.165) is 56.0 Å². The largest absolute Gasteiger partial charge is 0.340 e. The fourth-order valence-electron chi connectivity index (χ4n) is 4.46. The average Bonchev–Trinajstić information content (AvgIpc) is 3.36. The van der Waals surface area contributed by atoms with E-state index in [0.29, 0.717) is 25.3 Å². The van der Waals surface area contributed by atoms with Crippen molar-refractivity contribution in [2.75, 3.05) is 26.2 Å². The highest BCUT2D eigenvalue weighted by atomic mass is 35.5. The molecule has 5 nitrogen and oxygen atoms in total. The molecular formula is C33H44ClN3O2. The molecule has 2 aliphatic heterocycles. The smallest absolute Gasteiger partial charge is 0.210 e. The first kappa shape index (κ1) is 32.1. The number of allylic oxidation sites excluding steroid dienone is 3. The number of carbonyl (C=O) groups excluding carboxylic acids is 2. The summed E-state index contributed by atoms with van der Waals surface area (Å²) in [5.74, 6) is 0.0548. The molecule has 2 aromatic rings. The van der Waals surface area contributed by atoms with Crippen molar-refractivity contribution in [1.29, 1.82) is 0 Å². The van der Waals surface area contributed by atoms with Crippen LogP contribution in [0.3, 0.4) is 0 Å². The number of hydrogen-bond acceptors (Lipinski definition) is 4. The minimum atomic E-state index is 0.0548. The van der Waals surface area contributed by atoms with Gasteiger partial charge in [-0.25, -0.2) is 0 Å². The van der Waals surface area contributed by atoms with E-state index in [9.17, 15) is 9.59 Å². The number of piperazine rings is 1. The van der Waals surface area contributed by atoms with Gasteiger partial charge in [0.05, 0.1) is 12.2 Å². The molecule has 6 heteroatoms. The van der Waals surface area contributed by atoms with Gasteiger partial charge >= 0.3 is 0 Å². The van der Waals surface area contributed by atoms with Gasteiger partial charge in [0.15, 0.2) is 5.78 Å². The second-order valence-electron chi connectivity index (χ2n) is 9.68. The summed E-state index contributed by atoms with van der Waals surface area (Å²) in [7, 11) is 0. The number of ketones is 1. The molecule has 0 radical (unpaired) electrons. The Morgan fingerprint density at radius 2 is 1.64 bits per heavy atom. The third-order valence-electron chi connectivity index (χ3n) is 6.65. The molecule has 0 saturated carbocycles. The maximum absolute atomic E-state index is 11.6. The van der Waals surface area contributed by atoms with Gasteiger partial charge in [-0.15, -0.1) is 0 Å². The summed E-state index contributed by atoms with van der Waals surface area (Å²) in [6.45, 7) is 16.8. The van der Waals surface area contributed by atoms with E-state index >= 15 is 0 Å². The zero-order chi connectivity index (χ0) is 28.6. The number of benzene rings is 2. The van der Waals surface area contributed by atoms with E-state index in [2.05, 4.69) is 68.7 Å². The second kappa shape index (κ2) is 17.4. The molecule has 1 saturated heterocycles. The number of rotatable bonds is 8. The lowest BCUT2D eigenvalue weighted by atomic mass is 10.1. The highest BCUT2D eigenvalue weighted by Gasteiger charge is 2.23. The van der Waals surface area contributed by atoms with Crippen LogP contribution in [-0.4, -0.2) is 53.1 Å². The molecule has 210 valence electrons. The van der Waals surface area contributed by atoms with Gasteiger partial charge in [0.1, 0.15) is 0 Å². The van der Waals surface area contributed by atoms with Gasteiger partial charge in [-0.05, 0) is 42.5 Å². The fourth-order valence-corrected chi connectivity index (χ4v) is 4.73. The van der Waals surface area contributed by atoms with Crippen molar-refractivity contribution in [3.05, 3.63) is 106 Å². The van der Waals surface area contributed by atoms with E-state index in [4.69, 9.17) is 11.6 Å². The summed E-state index contributed by atoms with van der Waals surface area (Å²) in [5, 5.41) is 0.875. The molecule has 2 aliphatic rings. The van der Waals surface area contributed by atoms with Crippen LogP contribution < -0.4 is 0 Å². The summed E-state index contributed by atoms with van der Waals surface area (Å²) in [4.78, 5) is 28.3. The van der Waals surface area contributed by atoms with Crippen LogP contribution in [0.25, 0.3) is 0 Å². The van der Waals surface area contributed by atoms with Gasteiger partial charge in [-0.3, -0.25) is 14.5 Å². The van der Waals surface area contributed by atoms with Crippen LogP contribution in [0.1, 0.15) is 57.2 Å². The number of unbranched alkanes of at least 4 members (excludes halogenated alkanes) is 1. The van der Waals surface area contributed by atoms with Crippen molar-refractivity contribution >= 4 is 23.8 Å². The Balaban J connectivity index is 0.000000215. The Morgan fingerprint density at radius 3 is 2.13 bits per heavy atom. The first-order valence-electron chi connectivity index (χ1n) is 13.8.